The summed E-state index contributed by atoms with van der Waals surface area (Å²) in [5.74, 6) is -0.0805. The highest BCUT2D eigenvalue weighted by Gasteiger charge is 2.19. The number of fused-ring (bicyclic) bond motifs is 1. The average Bonchev–Trinajstić information content (AvgIpc) is 2.79. The molecule has 0 saturated heterocycles. The van der Waals surface area contributed by atoms with Gasteiger partial charge in [0.2, 0.25) is 5.91 Å². The normalized spacial score (nSPS) is 13.7. The first-order valence-electron chi connectivity index (χ1n) is 6.05. The van der Waals surface area contributed by atoms with Crippen LogP contribution < -0.4 is 10.0 Å². The molecule has 102 valence electrons. The van der Waals surface area contributed by atoms with Crippen LogP contribution in [0.15, 0.2) is 53.4 Å². The van der Waals surface area contributed by atoms with E-state index in [0.717, 1.165) is 11.3 Å². The predicted molar refractivity (Wildman–Crippen MR) is 76.0 cm³/mol. The number of hydrogen-bond donors (Lipinski definition) is 2. The van der Waals surface area contributed by atoms with E-state index in [-0.39, 0.29) is 17.2 Å². The number of carbonyl (C=O) groups excluding carboxylic acids is 1. The molecule has 0 fully saturated rings. The van der Waals surface area contributed by atoms with Crippen molar-refractivity contribution in [1.29, 1.82) is 0 Å². The first kappa shape index (κ1) is 12.7. The van der Waals surface area contributed by atoms with Crippen LogP contribution in [0.5, 0.6) is 0 Å². The topological polar surface area (TPSA) is 75.3 Å². The van der Waals surface area contributed by atoms with Crippen LogP contribution in [0, 0.1) is 0 Å². The van der Waals surface area contributed by atoms with Crippen molar-refractivity contribution < 1.29 is 13.2 Å². The molecule has 2 aromatic carbocycles. The van der Waals surface area contributed by atoms with E-state index in [9.17, 15) is 13.2 Å². The lowest BCUT2D eigenvalue weighted by molar-refractivity contribution is -0.115. The van der Waals surface area contributed by atoms with Crippen LogP contribution in [0.2, 0.25) is 0 Å². The Morgan fingerprint density at radius 3 is 2.55 bits per heavy atom. The molecule has 5 nitrogen and oxygen atoms in total. The Bertz CT molecular complexity index is 770. The maximum Gasteiger partial charge on any atom is 0.261 e. The molecular formula is C14H12N2O3S. The average molecular weight is 288 g/mol. The number of nitrogens with one attached hydrogen (secondary N) is 2. The van der Waals surface area contributed by atoms with Gasteiger partial charge in [-0.25, -0.2) is 8.42 Å². The van der Waals surface area contributed by atoms with Gasteiger partial charge in [0, 0.05) is 11.4 Å². The summed E-state index contributed by atoms with van der Waals surface area (Å²) >= 11 is 0. The fourth-order valence-corrected chi connectivity index (χ4v) is 3.18. The highest BCUT2D eigenvalue weighted by Crippen LogP contribution is 2.27. The number of benzene rings is 2. The van der Waals surface area contributed by atoms with Gasteiger partial charge in [0.15, 0.2) is 0 Å². The minimum atomic E-state index is -3.60. The molecule has 0 aromatic heterocycles. The summed E-state index contributed by atoms with van der Waals surface area (Å²) < 4.78 is 26.9. The molecule has 1 heterocycles. The second-order valence-corrected chi connectivity index (χ2v) is 6.20. The molecule has 0 radical (unpaired) electrons. The van der Waals surface area contributed by atoms with Crippen molar-refractivity contribution in [1.82, 2.24) is 0 Å². The van der Waals surface area contributed by atoms with Crippen molar-refractivity contribution in [2.24, 2.45) is 0 Å². The minimum absolute atomic E-state index is 0.0805. The van der Waals surface area contributed by atoms with Crippen molar-refractivity contribution in [2.75, 3.05) is 10.0 Å². The zero-order valence-electron chi connectivity index (χ0n) is 10.5. The number of anilines is 2. The van der Waals surface area contributed by atoms with Crippen molar-refractivity contribution in [2.45, 2.75) is 11.3 Å². The summed E-state index contributed by atoms with van der Waals surface area (Å²) in [5.41, 5.74) is 1.98. The SMILES string of the molecule is O=C1Cc2cc(NS(=O)(=O)c3ccccc3)ccc2N1. The molecule has 0 saturated carbocycles. The Labute approximate surface area is 116 Å². The van der Waals surface area contributed by atoms with Gasteiger partial charge < -0.3 is 5.32 Å². The van der Waals surface area contributed by atoms with Gasteiger partial charge in [0.25, 0.3) is 10.0 Å². The molecular weight excluding hydrogens is 276 g/mol. The van der Waals surface area contributed by atoms with Gasteiger partial charge in [-0.1, -0.05) is 18.2 Å². The van der Waals surface area contributed by atoms with E-state index in [1.807, 2.05) is 0 Å². The zero-order chi connectivity index (χ0) is 14.2. The molecule has 1 aliphatic heterocycles. The lowest BCUT2D eigenvalue weighted by atomic mass is 10.1. The van der Waals surface area contributed by atoms with Gasteiger partial charge in [0.05, 0.1) is 11.3 Å². The molecule has 2 aromatic rings. The van der Waals surface area contributed by atoms with E-state index in [1.165, 1.54) is 12.1 Å². The van der Waals surface area contributed by atoms with E-state index in [4.69, 9.17) is 0 Å². The third-order valence-electron chi connectivity index (χ3n) is 3.04. The second kappa shape index (κ2) is 4.64. The highest BCUT2D eigenvalue weighted by molar-refractivity contribution is 7.92. The van der Waals surface area contributed by atoms with E-state index in [1.54, 1.807) is 36.4 Å². The highest BCUT2D eigenvalue weighted by atomic mass is 32.2. The van der Waals surface area contributed by atoms with Gasteiger partial charge >= 0.3 is 0 Å². The van der Waals surface area contributed by atoms with Crippen LogP contribution in [0.25, 0.3) is 0 Å². The quantitative estimate of drug-likeness (QED) is 0.907. The Kier molecular flexibility index (Phi) is 2.94. The molecule has 0 spiro atoms. The summed E-state index contributed by atoms with van der Waals surface area (Å²) in [6.07, 6.45) is 0.274. The molecule has 1 aliphatic rings. The third kappa shape index (κ3) is 2.37. The van der Waals surface area contributed by atoms with E-state index < -0.39 is 10.0 Å². The fourth-order valence-electron chi connectivity index (χ4n) is 2.11. The Morgan fingerprint density at radius 2 is 1.80 bits per heavy atom. The molecule has 0 aliphatic carbocycles. The summed E-state index contributed by atoms with van der Waals surface area (Å²) in [6.45, 7) is 0. The van der Waals surface area contributed by atoms with E-state index >= 15 is 0 Å². The summed E-state index contributed by atoms with van der Waals surface area (Å²) in [4.78, 5) is 11.5. The largest absolute Gasteiger partial charge is 0.326 e. The van der Waals surface area contributed by atoms with Gasteiger partial charge in [-0.05, 0) is 35.9 Å². The lowest BCUT2D eigenvalue weighted by Crippen LogP contribution is -2.12. The first-order chi connectivity index (χ1) is 9.54. The monoisotopic (exact) mass is 288 g/mol. The van der Waals surface area contributed by atoms with Crippen molar-refractivity contribution in [3.05, 3.63) is 54.1 Å². The maximum absolute atomic E-state index is 12.2. The Balaban J connectivity index is 1.89. The molecule has 2 N–H and O–H groups in total. The maximum atomic E-state index is 12.2. The minimum Gasteiger partial charge on any atom is -0.326 e. The second-order valence-electron chi connectivity index (χ2n) is 4.52. The van der Waals surface area contributed by atoms with Crippen molar-refractivity contribution in [3.63, 3.8) is 0 Å². The van der Waals surface area contributed by atoms with Crippen LogP contribution in [0.1, 0.15) is 5.56 Å². The van der Waals surface area contributed by atoms with Gasteiger partial charge in [-0.15, -0.1) is 0 Å². The number of amides is 1. The van der Waals surface area contributed by atoms with Crippen LogP contribution in [0.3, 0.4) is 0 Å². The summed E-state index contributed by atoms with van der Waals surface area (Å²) in [5, 5.41) is 2.70. The van der Waals surface area contributed by atoms with Gasteiger partial charge in [0.1, 0.15) is 0 Å². The van der Waals surface area contributed by atoms with Crippen molar-refractivity contribution >= 4 is 27.3 Å². The van der Waals surface area contributed by atoms with E-state index in [0.29, 0.717) is 5.69 Å². The van der Waals surface area contributed by atoms with Gasteiger partial charge in [-0.3, -0.25) is 9.52 Å². The van der Waals surface area contributed by atoms with Crippen LogP contribution in [-0.4, -0.2) is 14.3 Å². The zero-order valence-corrected chi connectivity index (χ0v) is 11.3. The van der Waals surface area contributed by atoms with Crippen LogP contribution >= 0.6 is 0 Å². The number of rotatable bonds is 3. The molecule has 0 atom stereocenters. The number of carbonyl (C=O) groups is 1. The molecule has 3 rings (SSSR count). The molecule has 20 heavy (non-hydrogen) atoms. The predicted octanol–water partition coefficient (Wildman–Crippen LogP) is 1.98. The van der Waals surface area contributed by atoms with Gasteiger partial charge in [-0.2, -0.15) is 0 Å². The first-order valence-corrected chi connectivity index (χ1v) is 7.53. The van der Waals surface area contributed by atoms with Crippen molar-refractivity contribution in [3.8, 4) is 0 Å². The molecule has 1 amide bonds. The Morgan fingerprint density at radius 1 is 1.05 bits per heavy atom. The Hall–Kier alpha value is -2.34. The fraction of sp³-hybridized carbons (Fsp3) is 0.0714. The number of sulfonamides is 1. The molecule has 0 unspecified atom stereocenters. The third-order valence-corrected chi connectivity index (χ3v) is 4.43. The standard InChI is InChI=1S/C14H12N2O3S/c17-14-9-10-8-11(6-7-13(10)15-14)16-20(18,19)12-4-2-1-3-5-12/h1-8,16H,9H2,(H,15,17). The molecule has 0 bridgehead atoms. The summed E-state index contributed by atoms with van der Waals surface area (Å²) in [6, 6.07) is 13.1. The van der Waals surface area contributed by atoms with E-state index in [2.05, 4.69) is 10.0 Å². The van der Waals surface area contributed by atoms with Crippen LogP contribution in [0.4, 0.5) is 11.4 Å². The smallest absolute Gasteiger partial charge is 0.261 e. The van der Waals surface area contributed by atoms with Crippen LogP contribution in [-0.2, 0) is 21.2 Å². The molecule has 6 heteroatoms. The lowest BCUT2D eigenvalue weighted by Gasteiger charge is -2.09. The number of hydrogen-bond acceptors (Lipinski definition) is 3. The summed E-state index contributed by atoms with van der Waals surface area (Å²) in [7, 11) is -3.60.